The van der Waals surface area contributed by atoms with Gasteiger partial charge in [-0.2, -0.15) is 0 Å². The summed E-state index contributed by atoms with van der Waals surface area (Å²) in [7, 11) is -3.39. The molecule has 5 nitrogen and oxygen atoms in total. The van der Waals surface area contributed by atoms with Gasteiger partial charge in [0.25, 0.3) is 0 Å². The van der Waals surface area contributed by atoms with Crippen LogP contribution in [0, 0.1) is 5.92 Å². The van der Waals surface area contributed by atoms with E-state index in [1.54, 1.807) is 18.5 Å². The number of aryl methyl sites for hydroxylation is 1. The van der Waals surface area contributed by atoms with Crippen LogP contribution in [0.1, 0.15) is 30.0 Å². The average molecular weight is 539 g/mol. The molecule has 1 saturated heterocycles. The summed E-state index contributed by atoms with van der Waals surface area (Å²) >= 11 is 18.8. The van der Waals surface area contributed by atoms with Gasteiger partial charge in [-0.25, -0.2) is 13.1 Å². The largest absolute Gasteiger partial charge is 0.364 e. The third kappa shape index (κ3) is 6.64. The summed E-state index contributed by atoms with van der Waals surface area (Å²) in [6.45, 7) is 1.09. The number of nitrogens with zero attached hydrogens (tertiary/aromatic N) is 2. The van der Waals surface area contributed by atoms with Gasteiger partial charge in [-0.3, -0.25) is 4.98 Å². The van der Waals surface area contributed by atoms with Gasteiger partial charge in [0.05, 0.1) is 11.8 Å². The Balaban J connectivity index is 1.46. The zero-order valence-corrected chi connectivity index (χ0v) is 21.6. The van der Waals surface area contributed by atoms with E-state index < -0.39 is 10.0 Å². The molecule has 1 fully saturated rings. The van der Waals surface area contributed by atoms with Crippen LogP contribution in [0.3, 0.4) is 0 Å². The minimum atomic E-state index is -3.39. The summed E-state index contributed by atoms with van der Waals surface area (Å²) in [5.41, 5.74) is 2.98. The van der Waals surface area contributed by atoms with Crippen LogP contribution >= 0.6 is 34.8 Å². The average Bonchev–Trinajstić information content (AvgIpc) is 2.83. The lowest BCUT2D eigenvalue weighted by Crippen LogP contribution is -2.43. The van der Waals surface area contributed by atoms with Gasteiger partial charge in [-0.15, -0.1) is 0 Å². The van der Waals surface area contributed by atoms with Gasteiger partial charge < -0.3 is 4.90 Å². The van der Waals surface area contributed by atoms with Crippen LogP contribution in [0.5, 0.6) is 0 Å². The maximum Gasteiger partial charge on any atom is 0.211 e. The Hall–Kier alpha value is -1.83. The molecule has 0 aliphatic carbocycles. The molecule has 2 heterocycles. The highest BCUT2D eigenvalue weighted by molar-refractivity contribution is 7.89. The number of aromatic nitrogens is 1. The monoisotopic (exact) mass is 537 g/mol. The number of anilines is 1. The van der Waals surface area contributed by atoms with E-state index in [1.807, 2.05) is 48.5 Å². The van der Waals surface area contributed by atoms with Gasteiger partial charge in [0.1, 0.15) is 0 Å². The lowest BCUT2D eigenvalue weighted by molar-refractivity contribution is 0.358. The molecule has 4 rings (SSSR count). The normalized spacial score (nSPS) is 18.7. The first-order valence-electron chi connectivity index (χ1n) is 11.1. The van der Waals surface area contributed by atoms with Gasteiger partial charge in [-0.05, 0) is 84.8 Å². The van der Waals surface area contributed by atoms with Crippen LogP contribution in [-0.2, 0) is 16.4 Å². The number of benzene rings is 2. The number of pyridine rings is 1. The SMILES string of the molecule is O=S(=O)(CCc1ccncc1)NC[C@H]1CC[C@H](c2ccc(Cl)cc2Cl)N(c2ccc(Cl)cc2)C1. The minimum absolute atomic E-state index is 0.0492. The summed E-state index contributed by atoms with van der Waals surface area (Å²) in [5, 5.41) is 1.90. The molecular formula is C25H26Cl3N3O2S. The second-order valence-corrected chi connectivity index (χ2v) is 11.7. The molecule has 34 heavy (non-hydrogen) atoms. The lowest BCUT2D eigenvalue weighted by Gasteiger charge is -2.42. The summed E-state index contributed by atoms with van der Waals surface area (Å²) < 4.78 is 28.0. The fourth-order valence-corrected chi connectivity index (χ4v) is 6.14. The number of sulfonamides is 1. The van der Waals surface area contributed by atoms with E-state index in [9.17, 15) is 8.42 Å². The van der Waals surface area contributed by atoms with E-state index in [1.165, 1.54) is 0 Å². The Morgan fingerprint density at radius 1 is 0.941 bits per heavy atom. The van der Waals surface area contributed by atoms with Crippen LogP contribution in [0.2, 0.25) is 15.1 Å². The third-order valence-corrected chi connectivity index (χ3v) is 8.32. The second-order valence-electron chi connectivity index (χ2n) is 8.53. The van der Waals surface area contributed by atoms with Gasteiger partial charge in [0, 0.05) is 46.2 Å². The maximum atomic E-state index is 12.6. The molecule has 9 heteroatoms. The topological polar surface area (TPSA) is 62.3 Å². The quantitative estimate of drug-likeness (QED) is 0.373. The molecule has 2 aromatic carbocycles. The highest BCUT2D eigenvalue weighted by Gasteiger charge is 2.31. The molecule has 0 saturated carbocycles. The van der Waals surface area contributed by atoms with Crippen LogP contribution in [-0.4, -0.2) is 32.2 Å². The van der Waals surface area contributed by atoms with Gasteiger partial charge >= 0.3 is 0 Å². The van der Waals surface area contributed by atoms with E-state index in [0.29, 0.717) is 34.6 Å². The summed E-state index contributed by atoms with van der Waals surface area (Å²) in [4.78, 5) is 6.25. The number of nitrogens with one attached hydrogen (secondary N) is 1. The van der Waals surface area contributed by atoms with E-state index >= 15 is 0 Å². The Bertz CT molecular complexity index is 1210. The molecule has 1 aromatic heterocycles. The maximum absolute atomic E-state index is 12.6. The number of halogens is 3. The van der Waals surface area contributed by atoms with Crippen molar-refractivity contribution in [3.63, 3.8) is 0 Å². The predicted molar refractivity (Wildman–Crippen MR) is 140 cm³/mol. The molecule has 1 N–H and O–H groups in total. The zero-order valence-electron chi connectivity index (χ0n) is 18.5. The molecule has 0 unspecified atom stereocenters. The third-order valence-electron chi connectivity index (χ3n) is 6.16. The van der Waals surface area contributed by atoms with Crippen molar-refractivity contribution in [1.82, 2.24) is 9.71 Å². The van der Waals surface area contributed by atoms with Crippen LogP contribution < -0.4 is 9.62 Å². The van der Waals surface area contributed by atoms with E-state index in [0.717, 1.165) is 29.7 Å². The molecule has 3 aromatic rings. The van der Waals surface area contributed by atoms with E-state index in [-0.39, 0.29) is 17.7 Å². The molecule has 1 aliphatic heterocycles. The smallest absolute Gasteiger partial charge is 0.211 e. The van der Waals surface area contributed by atoms with E-state index in [4.69, 9.17) is 34.8 Å². The summed E-state index contributed by atoms with van der Waals surface area (Å²) in [5.74, 6) is 0.210. The molecule has 0 amide bonds. The van der Waals surface area contributed by atoms with Crippen molar-refractivity contribution in [2.24, 2.45) is 5.92 Å². The number of piperidine rings is 1. The van der Waals surface area contributed by atoms with Crippen molar-refractivity contribution in [3.8, 4) is 0 Å². The molecule has 0 spiro atoms. The molecule has 180 valence electrons. The Labute approximate surface area is 216 Å². The van der Waals surface area contributed by atoms with Gasteiger partial charge in [0.15, 0.2) is 0 Å². The van der Waals surface area contributed by atoms with E-state index in [2.05, 4.69) is 14.6 Å². The molecular weight excluding hydrogens is 513 g/mol. The van der Waals surface area contributed by atoms with Crippen molar-refractivity contribution < 1.29 is 8.42 Å². The number of rotatable bonds is 8. The first-order valence-corrected chi connectivity index (χ1v) is 13.9. The molecule has 0 bridgehead atoms. The number of hydrogen-bond acceptors (Lipinski definition) is 4. The first-order chi connectivity index (χ1) is 16.3. The number of hydrogen-bond donors (Lipinski definition) is 1. The Morgan fingerprint density at radius 3 is 2.35 bits per heavy atom. The predicted octanol–water partition coefficient (Wildman–Crippen LogP) is 6.16. The van der Waals surface area contributed by atoms with Gasteiger partial charge in [-0.1, -0.05) is 40.9 Å². The fourth-order valence-electron chi connectivity index (χ4n) is 4.34. The zero-order chi connectivity index (χ0) is 24.1. The summed E-state index contributed by atoms with van der Waals surface area (Å²) in [6, 6.07) is 17.0. The standard InChI is InChI=1S/C25H26Cl3N3O2S/c26-20-2-5-22(6-3-20)31-17-19(1-8-25(31)23-7-4-21(27)15-24(23)28)16-30-34(32,33)14-11-18-9-12-29-13-10-18/h2-7,9-10,12-13,15,19,25,30H,1,8,11,14,16-17H2/t19-,25-/m1/s1. The highest BCUT2D eigenvalue weighted by atomic mass is 35.5. The van der Waals surface area contributed by atoms with Crippen LogP contribution in [0.4, 0.5) is 5.69 Å². The molecule has 0 radical (unpaired) electrons. The van der Waals surface area contributed by atoms with Crippen LogP contribution in [0.15, 0.2) is 67.0 Å². The minimum Gasteiger partial charge on any atom is -0.364 e. The molecule has 1 aliphatic rings. The van der Waals surface area contributed by atoms with Crippen molar-refractivity contribution >= 4 is 50.5 Å². The summed E-state index contributed by atoms with van der Waals surface area (Å²) in [6.07, 6.45) is 5.52. The first kappa shape index (κ1) is 25.3. The van der Waals surface area contributed by atoms with Crippen molar-refractivity contribution in [2.75, 3.05) is 23.7 Å². The lowest BCUT2D eigenvalue weighted by atomic mass is 9.88. The Kier molecular flexibility index (Phi) is 8.38. The van der Waals surface area contributed by atoms with Crippen LogP contribution in [0.25, 0.3) is 0 Å². The molecule has 2 atom stereocenters. The highest BCUT2D eigenvalue weighted by Crippen LogP contribution is 2.40. The Morgan fingerprint density at radius 2 is 1.65 bits per heavy atom. The second kappa shape index (κ2) is 11.3. The van der Waals surface area contributed by atoms with Crippen molar-refractivity contribution in [3.05, 3.63) is 93.2 Å². The van der Waals surface area contributed by atoms with Crippen molar-refractivity contribution in [2.45, 2.75) is 25.3 Å². The van der Waals surface area contributed by atoms with Crippen molar-refractivity contribution in [1.29, 1.82) is 0 Å². The fraction of sp³-hybridized carbons (Fsp3) is 0.320. The van der Waals surface area contributed by atoms with Gasteiger partial charge in [0.2, 0.25) is 10.0 Å².